The molecule has 1 aliphatic heterocycles. The van der Waals surface area contributed by atoms with Crippen molar-refractivity contribution in [2.75, 3.05) is 10.2 Å². The number of hydrogen-bond donors (Lipinski definition) is 1. The van der Waals surface area contributed by atoms with Gasteiger partial charge in [0, 0.05) is 17.6 Å². The molecule has 2 aromatic carbocycles. The zero-order valence-corrected chi connectivity index (χ0v) is 14.6. The number of amides is 3. The topological polar surface area (TPSA) is 66.5 Å². The van der Waals surface area contributed by atoms with Crippen molar-refractivity contribution >= 4 is 57.9 Å². The summed E-state index contributed by atoms with van der Waals surface area (Å²) >= 11 is 12.0. The summed E-state index contributed by atoms with van der Waals surface area (Å²) in [6.07, 6.45) is 0. The summed E-state index contributed by atoms with van der Waals surface area (Å²) in [5.41, 5.74) is 1.59. The second-order valence-corrected chi connectivity index (χ2v) is 6.18. The van der Waals surface area contributed by atoms with E-state index in [-0.39, 0.29) is 16.5 Å². The van der Waals surface area contributed by atoms with Gasteiger partial charge in [-0.3, -0.25) is 14.4 Å². The van der Waals surface area contributed by atoms with Gasteiger partial charge in [0.05, 0.1) is 11.3 Å². The lowest BCUT2D eigenvalue weighted by Gasteiger charge is -2.15. The van der Waals surface area contributed by atoms with Gasteiger partial charge < -0.3 is 5.32 Å². The van der Waals surface area contributed by atoms with Gasteiger partial charge >= 0.3 is 0 Å². The molecule has 1 heterocycles. The molecule has 2 aromatic rings. The first-order valence-electron chi connectivity index (χ1n) is 7.30. The van der Waals surface area contributed by atoms with Crippen LogP contribution in [0.15, 0.2) is 53.6 Å². The van der Waals surface area contributed by atoms with Gasteiger partial charge in [-0.1, -0.05) is 35.3 Å². The number of nitrogens with zero attached hydrogens (tertiary/aromatic N) is 1. The Morgan fingerprint density at radius 1 is 0.920 bits per heavy atom. The van der Waals surface area contributed by atoms with Crippen molar-refractivity contribution < 1.29 is 14.4 Å². The normalized spacial score (nSPS) is 14.3. The molecule has 0 saturated heterocycles. The number of halogens is 2. The van der Waals surface area contributed by atoms with Crippen molar-refractivity contribution in [3.8, 4) is 0 Å². The van der Waals surface area contributed by atoms with Crippen LogP contribution in [-0.2, 0) is 14.4 Å². The van der Waals surface area contributed by atoms with Crippen LogP contribution in [0.1, 0.15) is 12.5 Å². The Morgan fingerprint density at radius 2 is 1.52 bits per heavy atom. The maximum absolute atomic E-state index is 12.7. The molecule has 0 unspecified atom stereocenters. The lowest BCUT2D eigenvalue weighted by Crippen LogP contribution is -2.31. The van der Waals surface area contributed by atoms with E-state index in [1.165, 1.54) is 6.92 Å². The molecule has 0 aliphatic carbocycles. The highest BCUT2D eigenvalue weighted by molar-refractivity contribution is 6.60. The third kappa shape index (κ3) is 3.29. The number of benzene rings is 2. The number of carbonyl (C=O) groups excluding carboxylic acids is 3. The number of rotatable bonds is 3. The molecule has 0 radical (unpaired) electrons. The number of hydrogen-bond acceptors (Lipinski definition) is 3. The van der Waals surface area contributed by atoms with Crippen LogP contribution >= 0.6 is 23.2 Å². The molecule has 126 valence electrons. The Hall–Kier alpha value is -2.63. The highest BCUT2D eigenvalue weighted by atomic mass is 35.5. The Morgan fingerprint density at radius 3 is 2.08 bits per heavy atom. The van der Waals surface area contributed by atoms with Gasteiger partial charge in [-0.15, -0.1) is 0 Å². The second kappa shape index (κ2) is 6.70. The molecule has 0 spiro atoms. The average molecular weight is 375 g/mol. The van der Waals surface area contributed by atoms with Crippen LogP contribution in [-0.4, -0.2) is 17.7 Å². The quantitative estimate of drug-likeness (QED) is 0.830. The standard InChI is InChI=1S/C18H12Cl2N2O3/c1-10(23)21-13-6-2-11(3-7-13)15-16(20)18(25)22(17(15)24)14-8-4-12(19)5-9-14/h2-9H,1H3,(H,21,23). The summed E-state index contributed by atoms with van der Waals surface area (Å²) in [6, 6.07) is 12.8. The summed E-state index contributed by atoms with van der Waals surface area (Å²) in [5, 5.41) is 2.98. The van der Waals surface area contributed by atoms with Gasteiger partial charge in [-0.2, -0.15) is 0 Å². The van der Waals surface area contributed by atoms with Crippen molar-refractivity contribution in [3.63, 3.8) is 0 Å². The van der Waals surface area contributed by atoms with E-state index in [1.54, 1.807) is 48.5 Å². The highest BCUT2D eigenvalue weighted by Gasteiger charge is 2.39. The first kappa shape index (κ1) is 17.2. The van der Waals surface area contributed by atoms with E-state index in [0.29, 0.717) is 22.0 Å². The fourth-order valence-electron chi connectivity index (χ4n) is 2.50. The van der Waals surface area contributed by atoms with E-state index < -0.39 is 11.8 Å². The van der Waals surface area contributed by atoms with Crippen LogP contribution in [0.4, 0.5) is 11.4 Å². The molecule has 5 nitrogen and oxygen atoms in total. The SMILES string of the molecule is CC(=O)Nc1ccc(C2=C(Cl)C(=O)N(c3ccc(Cl)cc3)C2=O)cc1. The third-order valence-corrected chi connectivity index (χ3v) is 4.21. The van der Waals surface area contributed by atoms with Crippen molar-refractivity contribution in [3.05, 3.63) is 64.1 Å². The highest BCUT2D eigenvalue weighted by Crippen LogP contribution is 2.35. The molecule has 3 rings (SSSR count). The Bertz CT molecular complexity index is 903. The maximum atomic E-state index is 12.7. The van der Waals surface area contributed by atoms with Crippen LogP contribution in [0.2, 0.25) is 5.02 Å². The minimum Gasteiger partial charge on any atom is -0.326 e. The molecule has 0 fully saturated rings. The molecule has 0 atom stereocenters. The van der Waals surface area contributed by atoms with E-state index >= 15 is 0 Å². The molecular formula is C18H12Cl2N2O3. The molecule has 1 aliphatic rings. The lowest BCUT2D eigenvalue weighted by molar-refractivity contribution is -0.120. The van der Waals surface area contributed by atoms with Crippen LogP contribution in [0.25, 0.3) is 5.57 Å². The van der Waals surface area contributed by atoms with Gasteiger partial charge in [0.2, 0.25) is 5.91 Å². The smallest absolute Gasteiger partial charge is 0.277 e. The monoisotopic (exact) mass is 374 g/mol. The molecule has 25 heavy (non-hydrogen) atoms. The van der Waals surface area contributed by atoms with Gasteiger partial charge in [0.15, 0.2) is 0 Å². The minimum absolute atomic E-state index is 0.121. The Kier molecular flexibility index (Phi) is 4.61. The fourth-order valence-corrected chi connectivity index (χ4v) is 2.90. The zero-order chi connectivity index (χ0) is 18.1. The van der Waals surface area contributed by atoms with E-state index in [1.807, 2.05) is 0 Å². The lowest BCUT2D eigenvalue weighted by atomic mass is 10.1. The van der Waals surface area contributed by atoms with Crippen molar-refractivity contribution in [2.24, 2.45) is 0 Å². The summed E-state index contributed by atoms with van der Waals surface area (Å²) < 4.78 is 0. The third-order valence-electron chi connectivity index (χ3n) is 3.61. The molecule has 0 saturated carbocycles. The van der Waals surface area contributed by atoms with Gasteiger partial charge in [-0.05, 0) is 42.0 Å². The fraction of sp³-hybridized carbons (Fsp3) is 0.0556. The van der Waals surface area contributed by atoms with Gasteiger partial charge in [-0.25, -0.2) is 4.90 Å². The minimum atomic E-state index is -0.588. The first-order chi connectivity index (χ1) is 11.9. The zero-order valence-electron chi connectivity index (χ0n) is 13.0. The summed E-state index contributed by atoms with van der Waals surface area (Å²) in [7, 11) is 0. The van der Waals surface area contributed by atoms with E-state index in [4.69, 9.17) is 23.2 Å². The van der Waals surface area contributed by atoms with E-state index in [9.17, 15) is 14.4 Å². The molecule has 0 aromatic heterocycles. The predicted molar refractivity (Wildman–Crippen MR) is 97.5 cm³/mol. The Balaban J connectivity index is 1.94. The van der Waals surface area contributed by atoms with Crippen LogP contribution in [0.3, 0.4) is 0 Å². The molecule has 7 heteroatoms. The summed E-state index contributed by atoms with van der Waals surface area (Å²) in [6.45, 7) is 1.40. The molecule has 0 bridgehead atoms. The molecular weight excluding hydrogens is 363 g/mol. The van der Waals surface area contributed by atoms with Crippen molar-refractivity contribution in [1.29, 1.82) is 0 Å². The van der Waals surface area contributed by atoms with Crippen molar-refractivity contribution in [2.45, 2.75) is 6.92 Å². The Labute approximate surface area is 153 Å². The number of carbonyl (C=O) groups is 3. The average Bonchev–Trinajstić information content (AvgIpc) is 2.79. The largest absolute Gasteiger partial charge is 0.326 e. The second-order valence-electron chi connectivity index (χ2n) is 5.37. The predicted octanol–water partition coefficient (Wildman–Crippen LogP) is 3.82. The van der Waals surface area contributed by atoms with E-state index in [0.717, 1.165) is 4.90 Å². The first-order valence-corrected chi connectivity index (χ1v) is 8.06. The number of imide groups is 1. The summed E-state index contributed by atoms with van der Waals surface area (Å²) in [4.78, 5) is 37.2. The van der Waals surface area contributed by atoms with Crippen LogP contribution in [0, 0.1) is 0 Å². The van der Waals surface area contributed by atoms with E-state index in [2.05, 4.69) is 5.32 Å². The maximum Gasteiger partial charge on any atom is 0.277 e. The summed E-state index contributed by atoms with van der Waals surface area (Å²) in [5.74, 6) is -1.30. The number of nitrogens with one attached hydrogen (secondary N) is 1. The molecule has 1 N–H and O–H groups in total. The van der Waals surface area contributed by atoms with Crippen LogP contribution in [0.5, 0.6) is 0 Å². The van der Waals surface area contributed by atoms with Gasteiger partial charge in [0.1, 0.15) is 5.03 Å². The van der Waals surface area contributed by atoms with Crippen molar-refractivity contribution in [1.82, 2.24) is 0 Å². The number of anilines is 2. The van der Waals surface area contributed by atoms with Gasteiger partial charge in [0.25, 0.3) is 11.8 Å². The molecule has 3 amide bonds. The van der Waals surface area contributed by atoms with Crippen LogP contribution < -0.4 is 10.2 Å².